The Hall–Kier alpha value is -0.790. The third kappa shape index (κ3) is 5.64. The predicted octanol–water partition coefficient (Wildman–Crippen LogP) is 2.48. The van der Waals surface area contributed by atoms with Crippen molar-refractivity contribution in [2.75, 3.05) is 6.54 Å². The molecule has 0 aromatic carbocycles. The van der Waals surface area contributed by atoms with Gasteiger partial charge in [-0.25, -0.2) is 0 Å². The lowest BCUT2D eigenvalue weighted by Gasteiger charge is -2.24. The number of nitrogens with one attached hydrogen (secondary N) is 1. The Morgan fingerprint density at radius 2 is 1.91 bits per heavy atom. The van der Waals surface area contributed by atoms with E-state index in [4.69, 9.17) is 5.41 Å². The van der Waals surface area contributed by atoms with Crippen LogP contribution in [-0.4, -0.2) is 17.8 Å². The molecule has 0 radical (unpaired) electrons. The molecule has 0 aromatic heterocycles. The number of rotatable bonds is 3. The fraction of sp³-hybridized carbons (Fsp3) is 0.667. The highest BCUT2D eigenvalue weighted by Gasteiger charge is 2.11. The summed E-state index contributed by atoms with van der Waals surface area (Å²) >= 11 is 0. The molecule has 0 saturated carbocycles. The van der Waals surface area contributed by atoms with Crippen molar-refractivity contribution in [1.82, 2.24) is 4.90 Å². The lowest BCUT2D eigenvalue weighted by atomic mass is 9.96. The zero-order valence-electron chi connectivity index (χ0n) is 7.89. The Morgan fingerprint density at radius 1 is 1.36 bits per heavy atom. The Labute approximate surface area is 69.4 Å². The van der Waals surface area contributed by atoms with E-state index in [1.165, 1.54) is 6.34 Å². The van der Waals surface area contributed by atoms with Crippen LogP contribution in [0.15, 0.2) is 12.3 Å². The van der Waals surface area contributed by atoms with Crippen LogP contribution >= 0.6 is 0 Å². The molecule has 0 aliphatic rings. The molecule has 0 aromatic rings. The molecule has 0 aliphatic heterocycles. The fourth-order valence-electron chi connectivity index (χ4n) is 0.881. The van der Waals surface area contributed by atoms with Gasteiger partial charge in [0.25, 0.3) is 0 Å². The summed E-state index contributed by atoms with van der Waals surface area (Å²) < 4.78 is 0. The highest BCUT2D eigenvalue weighted by Crippen LogP contribution is 2.14. The van der Waals surface area contributed by atoms with Gasteiger partial charge in [0.2, 0.25) is 0 Å². The normalized spacial score (nSPS) is 12.0. The van der Waals surface area contributed by atoms with Gasteiger partial charge in [-0.15, -0.1) is 0 Å². The molecule has 11 heavy (non-hydrogen) atoms. The van der Waals surface area contributed by atoms with Crippen LogP contribution in [0.1, 0.15) is 27.7 Å². The highest BCUT2D eigenvalue weighted by atomic mass is 15.1. The maximum absolute atomic E-state index is 7.09. The molecular formula is C9H18N2. The standard InChI is InChI=1S/C9H18N2/c1-5-6-11(8-10)7-9(2,3)4/h5-6,8,10H,7H2,1-4H3/b6-5-,10-8?. The third-order valence-corrected chi connectivity index (χ3v) is 1.16. The topological polar surface area (TPSA) is 27.1 Å². The van der Waals surface area contributed by atoms with Crippen molar-refractivity contribution in [2.24, 2.45) is 5.41 Å². The van der Waals surface area contributed by atoms with Crippen molar-refractivity contribution in [1.29, 1.82) is 5.41 Å². The molecule has 0 bridgehead atoms. The van der Waals surface area contributed by atoms with Gasteiger partial charge < -0.3 is 4.90 Å². The zero-order chi connectivity index (χ0) is 8.91. The first kappa shape index (κ1) is 10.2. The Morgan fingerprint density at radius 3 is 2.18 bits per heavy atom. The first-order valence-corrected chi connectivity index (χ1v) is 3.89. The first-order chi connectivity index (χ1) is 4.99. The number of nitrogens with zero attached hydrogens (tertiary/aromatic N) is 1. The summed E-state index contributed by atoms with van der Waals surface area (Å²) in [5, 5.41) is 7.09. The summed E-state index contributed by atoms with van der Waals surface area (Å²) in [4.78, 5) is 1.88. The average Bonchev–Trinajstić information content (AvgIpc) is 1.84. The number of hydrogen-bond acceptors (Lipinski definition) is 1. The maximum atomic E-state index is 7.09. The molecular weight excluding hydrogens is 136 g/mol. The van der Waals surface area contributed by atoms with Crippen molar-refractivity contribution < 1.29 is 0 Å². The molecule has 2 heteroatoms. The summed E-state index contributed by atoms with van der Waals surface area (Å²) in [6.07, 6.45) is 5.21. The van der Waals surface area contributed by atoms with E-state index in [-0.39, 0.29) is 5.41 Å². The van der Waals surface area contributed by atoms with Crippen molar-refractivity contribution in [3.8, 4) is 0 Å². The minimum absolute atomic E-state index is 0.247. The fourth-order valence-corrected chi connectivity index (χ4v) is 0.881. The van der Waals surface area contributed by atoms with Crippen LogP contribution in [0.5, 0.6) is 0 Å². The van der Waals surface area contributed by atoms with Crippen LogP contribution in [0.2, 0.25) is 0 Å². The highest BCUT2D eigenvalue weighted by molar-refractivity contribution is 5.52. The quantitative estimate of drug-likeness (QED) is 0.490. The van der Waals surface area contributed by atoms with Gasteiger partial charge in [-0.3, -0.25) is 5.41 Å². The molecule has 2 nitrogen and oxygen atoms in total. The molecule has 0 saturated heterocycles. The zero-order valence-corrected chi connectivity index (χ0v) is 7.89. The lowest BCUT2D eigenvalue weighted by Crippen LogP contribution is -2.26. The Balaban J connectivity index is 3.98. The van der Waals surface area contributed by atoms with E-state index in [2.05, 4.69) is 20.8 Å². The molecule has 0 rings (SSSR count). The van der Waals surface area contributed by atoms with Crippen molar-refractivity contribution in [3.63, 3.8) is 0 Å². The minimum Gasteiger partial charge on any atom is -0.339 e. The first-order valence-electron chi connectivity index (χ1n) is 3.89. The molecule has 0 heterocycles. The van der Waals surface area contributed by atoms with E-state index in [0.717, 1.165) is 6.54 Å². The van der Waals surface area contributed by atoms with Gasteiger partial charge in [0.05, 0.1) is 6.34 Å². The van der Waals surface area contributed by atoms with Gasteiger partial charge in [-0.2, -0.15) is 0 Å². The van der Waals surface area contributed by atoms with Crippen LogP contribution in [0.25, 0.3) is 0 Å². The van der Waals surface area contributed by atoms with Gasteiger partial charge >= 0.3 is 0 Å². The van der Waals surface area contributed by atoms with Gasteiger partial charge in [0, 0.05) is 12.7 Å². The SMILES string of the molecule is C/C=C\N(C=N)CC(C)(C)C. The molecule has 0 unspecified atom stereocenters. The second-order valence-corrected chi connectivity index (χ2v) is 3.84. The lowest BCUT2D eigenvalue weighted by molar-refractivity contribution is 0.328. The van der Waals surface area contributed by atoms with Crippen molar-refractivity contribution in [3.05, 3.63) is 12.3 Å². The smallest absolute Gasteiger partial charge is 0.0857 e. The molecule has 0 aliphatic carbocycles. The predicted molar refractivity (Wildman–Crippen MR) is 49.8 cm³/mol. The van der Waals surface area contributed by atoms with E-state index in [1.807, 2.05) is 24.1 Å². The minimum atomic E-state index is 0.247. The molecule has 0 amide bonds. The van der Waals surface area contributed by atoms with Crippen LogP contribution in [-0.2, 0) is 0 Å². The molecule has 0 fully saturated rings. The maximum Gasteiger partial charge on any atom is 0.0857 e. The number of hydrogen-bond donors (Lipinski definition) is 1. The third-order valence-electron chi connectivity index (χ3n) is 1.16. The average molecular weight is 154 g/mol. The number of allylic oxidation sites excluding steroid dienone is 1. The van der Waals surface area contributed by atoms with E-state index in [0.29, 0.717) is 0 Å². The summed E-state index contributed by atoms with van der Waals surface area (Å²) in [6.45, 7) is 9.33. The molecule has 0 spiro atoms. The van der Waals surface area contributed by atoms with E-state index in [9.17, 15) is 0 Å². The van der Waals surface area contributed by atoms with Crippen LogP contribution in [0.4, 0.5) is 0 Å². The second-order valence-electron chi connectivity index (χ2n) is 3.84. The van der Waals surface area contributed by atoms with Crippen LogP contribution < -0.4 is 0 Å². The van der Waals surface area contributed by atoms with Gasteiger partial charge in [-0.05, 0) is 12.3 Å². The summed E-state index contributed by atoms with van der Waals surface area (Å²) in [5.41, 5.74) is 0.247. The van der Waals surface area contributed by atoms with E-state index in [1.54, 1.807) is 0 Å². The Bertz CT molecular complexity index is 142. The monoisotopic (exact) mass is 154 g/mol. The van der Waals surface area contributed by atoms with E-state index < -0.39 is 0 Å². The van der Waals surface area contributed by atoms with Crippen LogP contribution in [0.3, 0.4) is 0 Å². The van der Waals surface area contributed by atoms with E-state index >= 15 is 0 Å². The van der Waals surface area contributed by atoms with Gasteiger partial charge in [-0.1, -0.05) is 26.8 Å². The molecule has 64 valence electrons. The largest absolute Gasteiger partial charge is 0.339 e. The summed E-state index contributed by atoms with van der Waals surface area (Å²) in [6, 6.07) is 0. The van der Waals surface area contributed by atoms with Crippen LogP contribution in [0, 0.1) is 10.8 Å². The van der Waals surface area contributed by atoms with Crippen molar-refractivity contribution in [2.45, 2.75) is 27.7 Å². The van der Waals surface area contributed by atoms with Gasteiger partial charge in [0.1, 0.15) is 0 Å². The molecule has 1 N–H and O–H groups in total. The second kappa shape index (κ2) is 4.16. The van der Waals surface area contributed by atoms with Crippen molar-refractivity contribution >= 4 is 6.34 Å². The summed E-state index contributed by atoms with van der Waals surface area (Å²) in [7, 11) is 0. The Kier molecular flexibility index (Phi) is 3.86. The molecule has 0 atom stereocenters. The summed E-state index contributed by atoms with van der Waals surface area (Å²) in [5.74, 6) is 0. The van der Waals surface area contributed by atoms with Gasteiger partial charge in [0.15, 0.2) is 0 Å².